The zero-order chi connectivity index (χ0) is 16.8. The standard InChI is InChI=1S/C18H25N3O2/c1-14-5-8-16(9-6-14)19-18(22)21(12-11-20(3)4)13-17-10-7-15(2)23-17/h5-10H,11-13H2,1-4H3,(H,19,22). The molecule has 1 aromatic heterocycles. The summed E-state index contributed by atoms with van der Waals surface area (Å²) in [4.78, 5) is 16.4. The Kier molecular flexibility index (Phi) is 5.82. The second kappa shape index (κ2) is 7.83. The van der Waals surface area contributed by atoms with Crippen molar-refractivity contribution in [1.29, 1.82) is 0 Å². The summed E-state index contributed by atoms with van der Waals surface area (Å²) in [6.45, 7) is 5.80. The van der Waals surface area contributed by atoms with Crippen molar-refractivity contribution in [2.75, 3.05) is 32.5 Å². The van der Waals surface area contributed by atoms with Crippen LogP contribution in [0.2, 0.25) is 0 Å². The number of anilines is 1. The van der Waals surface area contributed by atoms with Gasteiger partial charge < -0.3 is 19.5 Å². The average molecular weight is 315 g/mol. The maximum atomic E-state index is 12.6. The Balaban J connectivity index is 2.04. The van der Waals surface area contributed by atoms with Gasteiger partial charge in [-0.1, -0.05) is 17.7 Å². The molecule has 5 nitrogen and oxygen atoms in total. The molecule has 0 unspecified atom stereocenters. The first-order valence-corrected chi connectivity index (χ1v) is 7.76. The molecule has 1 aromatic carbocycles. The molecule has 0 bridgehead atoms. The lowest BCUT2D eigenvalue weighted by molar-refractivity contribution is 0.196. The predicted molar refractivity (Wildman–Crippen MR) is 92.6 cm³/mol. The van der Waals surface area contributed by atoms with Crippen LogP contribution in [0.1, 0.15) is 17.1 Å². The lowest BCUT2D eigenvalue weighted by Crippen LogP contribution is -2.38. The van der Waals surface area contributed by atoms with Crippen molar-refractivity contribution in [3.63, 3.8) is 0 Å². The molecule has 124 valence electrons. The molecular formula is C18H25N3O2. The monoisotopic (exact) mass is 315 g/mol. The fraction of sp³-hybridized carbons (Fsp3) is 0.389. The van der Waals surface area contributed by atoms with Crippen molar-refractivity contribution >= 4 is 11.7 Å². The van der Waals surface area contributed by atoms with E-state index in [9.17, 15) is 4.79 Å². The normalized spacial score (nSPS) is 10.8. The number of benzene rings is 1. The Bertz CT molecular complexity index is 632. The maximum Gasteiger partial charge on any atom is 0.322 e. The molecule has 0 spiro atoms. The summed E-state index contributed by atoms with van der Waals surface area (Å²) in [6, 6.07) is 11.5. The van der Waals surface area contributed by atoms with Crippen LogP contribution in [0.15, 0.2) is 40.8 Å². The molecule has 0 radical (unpaired) electrons. The Hall–Kier alpha value is -2.27. The second-order valence-corrected chi connectivity index (χ2v) is 6.03. The summed E-state index contributed by atoms with van der Waals surface area (Å²) in [5, 5.41) is 2.95. The minimum Gasteiger partial charge on any atom is -0.464 e. The molecule has 0 saturated heterocycles. The van der Waals surface area contributed by atoms with Crippen molar-refractivity contribution in [3.05, 3.63) is 53.5 Å². The molecule has 2 rings (SSSR count). The summed E-state index contributed by atoms with van der Waals surface area (Å²) in [5.74, 6) is 1.65. The fourth-order valence-corrected chi connectivity index (χ4v) is 2.17. The third-order valence-corrected chi connectivity index (χ3v) is 3.55. The van der Waals surface area contributed by atoms with E-state index in [0.29, 0.717) is 13.1 Å². The van der Waals surface area contributed by atoms with Gasteiger partial charge in [0.15, 0.2) is 0 Å². The first kappa shape index (κ1) is 17.1. The van der Waals surface area contributed by atoms with Gasteiger partial charge in [-0.3, -0.25) is 0 Å². The smallest absolute Gasteiger partial charge is 0.322 e. The van der Waals surface area contributed by atoms with Gasteiger partial charge in [-0.2, -0.15) is 0 Å². The van der Waals surface area contributed by atoms with Gasteiger partial charge in [-0.05, 0) is 52.2 Å². The van der Waals surface area contributed by atoms with E-state index in [0.717, 1.165) is 23.8 Å². The molecule has 2 aromatic rings. The zero-order valence-electron chi connectivity index (χ0n) is 14.3. The third kappa shape index (κ3) is 5.45. The highest BCUT2D eigenvalue weighted by atomic mass is 16.3. The highest BCUT2D eigenvalue weighted by Gasteiger charge is 2.16. The number of hydrogen-bond acceptors (Lipinski definition) is 3. The van der Waals surface area contributed by atoms with E-state index < -0.39 is 0 Å². The highest BCUT2D eigenvalue weighted by Crippen LogP contribution is 2.13. The SMILES string of the molecule is Cc1ccc(NC(=O)N(CCN(C)C)Cc2ccc(C)o2)cc1. The van der Waals surface area contributed by atoms with Gasteiger partial charge in [0, 0.05) is 18.8 Å². The number of carbonyl (C=O) groups is 1. The molecule has 2 amide bonds. The Morgan fingerprint density at radius 2 is 1.74 bits per heavy atom. The van der Waals surface area contributed by atoms with E-state index in [2.05, 4.69) is 10.2 Å². The summed E-state index contributed by atoms with van der Waals surface area (Å²) in [5.41, 5.74) is 1.96. The Morgan fingerprint density at radius 3 is 2.30 bits per heavy atom. The molecule has 0 aliphatic carbocycles. The Labute approximate surface area is 137 Å². The fourth-order valence-electron chi connectivity index (χ4n) is 2.17. The molecular weight excluding hydrogens is 290 g/mol. The van der Waals surface area contributed by atoms with Gasteiger partial charge in [-0.25, -0.2) is 4.79 Å². The average Bonchev–Trinajstić information content (AvgIpc) is 2.91. The van der Waals surface area contributed by atoms with Gasteiger partial charge in [0.05, 0.1) is 6.54 Å². The quantitative estimate of drug-likeness (QED) is 0.887. The number of amides is 2. The van der Waals surface area contributed by atoms with Gasteiger partial charge in [0.2, 0.25) is 0 Å². The van der Waals surface area contributed by atoms with Crippen molar-refractivity contribution < 1.29 is 9.21 Å². The van der Waals surface area contributed by atoms with Gasteiger partial charge in [0.25, 0.3) is 0 Å². The molecule has 0 fully saturated rings. The van der Waals surface area contributed by atoms with Crippen LogP contribution < -0.4 is 5.32 Å². The van der Waals surface area contributed by atoms with E-state index in [1.54, 1.807) is 4.90 Å². The van der Waals surface area contributed by atoms with Crippen LogP contribution >= 0.6 is 0 Å². The number of nitrogens with one attached hydrogen (secondary N) is 1. The highest BCUT2D eigenvalue weighted by molar-refractivity contribution is 5.89. The maximum absolute atomic E-state index is 12.6. The number of aryl methyl sites for hydroxylation is 2. The van der Waals surface area contributed by atoms with Crippen molar-refractivity contribution in [2.24, 2.45) is 0 Å². The number of hydrogen-bond donors (Lipinski definition) is 1. The van der Waals surface area contributed by atoms with Crippen LogP contribution in [-0.4, -0.2) is 43.0 Å². The topological polar surface area (TPSA) is 48.7 Å². The van der Waals surface area contributed by atoms with Crippen LogP contribution in [0.5, 0.6) is 0 Å². The summed E-state index contributed by atoms with van der Waals surface area (Å²) in [6.07, 6.45) is 0. The van der Waals surface area contributed by atoms with Gasteiger partial charge in [0.1, 0.15) is 11.5 Å². The molecule has 1 N–H and O–H groups in total. The van der Waals surface area contributed by atoms with Crippen LogP contribution in [0.25, 0.3) is 0 Å². The van der Waals surface area contributed by atoms with E-state index in [1.807, 2.05) is 64.3 Å². The van der Waals surface area contributed by atoms with Crippen molar-refractivity contribution in [2.45, 2.75) is 20.4 Å². The van der Waals surface area contributed by atoms with Crippen LogP contribution in [0, 0.1) is 13.8 Å². The van der Waals surface area contributed by atoms with Crippen LogP contribution in [0.4, 0.5) is 10.5 Å². The molecule has 1 heterocycles. The zero-order valence-corrected chi connectivity index (χ0v) is 14.3. The van der Waals surface area contributed by atoms with Crippen molar-refractivity contribution in [3.8, 4) is 0 Å². The largest absolute Gasteiger partial charge is 0.464 e. The lowest BCUT2D eigenvalue weighted by Gasteiger charge is -2.24. The van der Waals surface area contributed by atoms with Gasteiger partial charge >= 0.3 is 6.03 Å². The van der Waals surface area contributed by atoms with E-state index >= 15 is 0 Å². The number of likely N-dealkylation sites (N-methyl/N-ethyl adjacent to an activating group) is 1. The minimum absolute atomic E-state index is 0.121. The molecule has 5 heteroatoms. The van der Waals surface area contributed by atoms with Gasteiger partial charge in [-0.15, -0.1) is 0 Å². The number of rotatable bonds is 6. The first-order chi connectivity index (χ1) is 10.9. The summed E-state index contributed by atoms with van der Waals surface area (Å²) in [7, 11) is 3.99. The number of carbonyl (C=O) groups excluding carboxylic acids is 1. The summed E-state index contributed by atoms with van der Waals surface area (Å²) < 4.78 is 5.60. The number of furan rings is 1. The number of nitrogens with zero attached hydrogens (tertiary/aromatic N) is 2. The molecule has 0 saturated carbocycles. The molecule has 0 aliphatic heterocycles. The molecule has 23 heavy (non-hydrogen) atoms. The molecule has 0 aliphatic rings. The number of urea groups is 1. The Morgan fingerprint density at radius 1 is 1.04 bits per heavy atom. The van der Waals surface area contributed by atoms with Crippen LogP contribution in [0.3, 0.4) is 0 Å². The van der Waals surface area contributed by atoms with Crippen LogP contribution in [-0.2, 0) is 6.54 Å². The first-order valence-electron chi connectivity index (χ1n) is 7.76. The van der Waals surface area contributed by atoms with E-state index in [4.69, 9.17) is 4.42 Å². The van der Waals surface area contributed by atoms with E-state index in [1.165, 1.54) is 5.56 Å². The summed E-state index contributed by atoms with van der Waals surface area (Å²) >= 11 is 0. The van der Waals surface area contributed by atoms with E-state index in [-0.39, 0.29) is 6.03 Å². The minimum atomic E-state index is -0.121. The predicted octanol–water partition coefficient (Wildman–Crippen LogP) is 3.49. The van der Waals surface area contributed by atoms with Crippen molar-refractivity contribution in [1.82, 2.24) is 9.80 Å². The molecule has 0 atom stereocenters. The third-order valence-electron chi connectivity index (χ3n) is 3.55. The second-order valence-electron chi connectivity index (χ2n) is 6.03. The lowest BCUT2D eigenvalue weighted by atomic mass is 10.2.